The molecule has 1 saturated heterocycles. The van der Waals surface area contributed by atoms with Crippen molar-refractivity contribution in [3.05, 3.63) is 68.5 Å². The first-order valence-electron chi connectivity index (χ1n) is 8.36. The Morgan fingerprint density at radius 2 is 2.04 bits per heavy atom. The Kier molecular flexibility index (Phi) is 6.44. The number of likely N-dealkylation sites (N-methyl/N-ethyl adjacent to an activating group) is 1. The van der Waals surface area contributed by atoms with Gasteiger partial charge in [-0.1, -0.05) is 35.3 Å². The van der Waals surface area contributed by atoms with Crippen LogP contribution in [0.3, 0.4) is 0 Å². The van der Waals surface area contributed by atoms with Gasteiger partial charge in [-0.2, -0.15) is 0 Å². The van der Waals surface area contributed by atoms with Crippen LogP contribution in [-0.2, 0) is 9.53 Å². The number of nitrogens with zero attached hydrogens (tertiary/aromatic N) is 2. The summed E-state index contributed by atoms with van der Waals surface area (Å²) in [6.07, 6.45) is 1.72. The number of amides is 1. The van der Waals surface area contributed by atoms with Crippen molar-refractivity contribution in [1.29, 1.82) is 0 Å². The van der Waals surface area contributed by atoms with E-state index in [-0.39, 0.29) is 5.91 Å². The number of esters is 1. The van der Waals surface area contributed by atoms with Gasteiger partial charge >= 0.3 is 5.97 Å². The molecule has 0 unspecified atom stereocenters. The van der Waals surface area contributed by atoms with Gasteiger partial charge < -0.3 is 4.74 Å². The van der Waals surface area contributed by atoms with Crippen molar-refractivity contribution in [2.75, 3.05) is 13.7 Å². The second kappa shape index (κ2) is 8.82. The van der Waals surface area contributed by atoms with Gasteiger partial charge in [-0.25, -0.2) is 9.79 Å². The fourth-order valence-electron chi connectivity index (χ4n) is 2.56. The molecule has 1 aliphatic rings. The number of carbonyl (C=O) groups excluding carboxylic acids is 2. The fourth-order valence-corrected chi connectivity index (χ4v) is 4.08. The largest absolute Gasteiger partial charge is 0.465 e. The molecule has 1 aliphatic heterocycles. The number of thioether (sulfide) groups is 1. The molecular weight excluding hydrogens is 419 g/mol. The molecule has 1 heterocycles. The number of amidine groups is 1. The highest BCUT2D eigenvalue weighted by Gasteiger charge is 2.32. The van der Waals surface area contributed by atoms with Crippen molar-refractivity contribution in [1.82, 2.24) is 4.90 Å². The highest BCUT2D eigenvalue weighted by molar-refractivity contribution is 8.18. The zero-order chi connectivity index (χ0) is 20.3. The van der Waals surface area contributed by atoms with E-state index in [1.165, 1.54) is 18.9 Å². The summed E-state index contributed by atoms with van der Waals surface area (Å²) in [4.78, 5) is 31.1. The highest BCUT2D eigenvalue weighted by Crippen LogP contribution is 2.35. The number of ether oxygens (including phenoxy) is 1. The van der Waals surface area contributed by atoms with E-state index in [1.54, 1.807) is 53.4 Å². The van der Waals surface area contributed by atoms with Crippen LogP contribution >= 0.6 is 35.0 Å². The minimum absolute atomic E-state index is 0.151. The Morgan fingerprint density at radius 3 is 2.71 bits per heavy atom. The minimum Gasteiger partial charge on any atom is -0.465 e. The number of benzene rings is 2. The van der Waals surface area contributed by atoms with Gasteiger partial charge in [0.1, 0.15) is 0 Å². The third kappa shape index (κ3) is 4.41. The Morgan fingerprint density at radius 1 is 1.25 bits per heavy atom. The number of methoxy groups -OCH3 is 1. The van der Waals surface area contributed by atoms with Gasteiger partial charge in [-0.3, -0.25) is 9.69 Å². The van der Waals surface area contributed by atoms with Crippen LogP contribution in [0.4, 0.5) is 5.69 Å². The normalized spacial score (nSPS) is 16.9. The summed E-state index contributed by atoms with van der Waals surface area (Å²) in [7, 11) is 1.32. The highest BCUT2D eigenvalue weighted by atomic mass is 35.5. The molecule has 0 aliphatic carbocycles. The lowest BCUT2D eigenvalue weighted by atomic mass is 10.2. The summed E-state index contributed by atoms with van der Waals surface area (Å²) < 4.78 is 4.74. The summed E-state index contributed by atoms with van der Waals surface area (Å²) in [5.74, 6) is -0.594. The van der Waals surface area contributed by atoms with E-state index in [9.17, 15) is 9.59 Å². The van der Waals surface area contributed by atoms with Crippen molar-refractivity contribution in [2.24, 2.45) is 4.99 Å². The summed E-state index contributed by atoms with van der Waals surface area (Å²) in [6.45, 7) is 2.34. The molecule has 8 heteroatoms. The molecule has 0 aromatic heterocycles. The lowest BCUT2D eigenvalue weighted by Gasteiger charge is -2.12. The van der Waals surface area contributed by atoms with Crippen molar-refractivity contribution in [3.63, 3.8) is 0 Å². The molecular formula is C20H16Cl2N2O3S. The SMILES string of the molecule is CCN1C(=O)C(=Cc2ccc(Cl)cc2Cl)SC1=Nc1cccc(C(=O)OC)c1. The van der Waals surface area contributed by atoms with Crippen LogP contribution in [0.5, 0.6) is 0 Å². The summed E-state index contributed by atoms with van der Waals surface area (Å²) >= 11 is 13.4. The van der Waals surface area contributed by atoms with Gasteiger partial charge in [0.2, 0.25) is 0 Å². The maximum absolute atomic E-state index is 12.8. The number of halogens is 2. The zero-order valence-corrected chi connectivity index (χ0v) is 17.4. The van der Waals surface area contributed by atoms with Gasteiger partial charge in [-0.05, 0) is 60.7 Å². The smallest absolute Gasteiger partial charge is 0.337 e. The van der Waals surface area contributed by atoms with Gasteiger partial charge in [0.05, 0.1) is 23.3 Å². The van der Waals surface area contributed by atoms with Crippen molar-refractivity contribution >= 4 is 63.8 Å². The molecule has 0 N–H and O–H groups in total. The monoisotopic (exact) mass is 434 g/mol. The molecule has 0 bridgehead atoms. The molecule has 3 rings (SSSR count). The Balaban J connectivity index is 1.94. The average molecular weight is 435 g/mol. The third-order valence-electron chi connectivity index (χ3n) is 3.95. The van der Waals surface area contributed by atoms with Gasteiger partial charge in [0.25, 0.3) is 5.91 Å². The number of carbonyl (C=O) groups is 2. The van der Waals surface area contributed by atoms with Crippen molar-refractivity contribution in [3.8, 4) is 0 Å². The topological polar surface area (TPSA) is 59.0 Å². The van der Waals surface area contributed by atoms with Crippen LogP contribution in [0.2, 0.25) is 10.0 Å². The summed E-state index contributed by atoms with van der Waals surface area (Å²) in [6, 6.07) is 11.9. The maximum Gasteiger partial charge on any atom is 0.337 e. The first-order valence-corrected chi connectivity index (χ1v) is 9.93. The molecule has 0 atom stereocenters. The van der Waals surface area contributed by atoms with E-state index in [0.717, 1.165) is 0 Å². The molecule has 1 amide bonds. The number of aliphatic imine (C=N–C) groups is 1. The second-order valence-corrected chi connectivity index (χ2v) is 7.61. The average Bonchev–Trinajstić information content (AvgIpc) is 2.97. The molecule has 28 heavy (non-hydrogen) atoms. The van der Waals surface area contributed by atoms with E-state index in [1.807, 2.05) is 6.92 Å². The first-order chi connectivity index (χ1) is 13.4. The van der Waals surface area contributed by atoms with E-state index in [0.29, 0.717) is 43.5 Å². The van der Waals surface area contributed by atoms with E-state index < -0.39 is 5.97 Å². The van der Waals surface area contributed by atoms with Crippen LogP contribution in [-0.4, -0.2) is 35.6 Å². The van der Waals surface area contributed by atoms with Crippen LogP contribution in [0, 0.1) is 0 Å². The van der Waals surface area contributed by atoms with Crippen LogP contribution < -0.4 is 0 Å². The molecule has 1 fully saturated rings. The molecule has 0 spiro atoms. The van der Waals surface area contributed by atoms with Crippen LogP contribution in [0.1, 0.15) is 22.8 Å². The van der Waals surface area contributed by atoms with Crippen LogP contribution in [0.15, 0.2) is 52.4 Å². The second-order valence-electron chi connectivity index (χ2n) is 5.76. The standard InChI is InChI=1S/C20H16Cl2N2O3S/c1-3-24-18(25)17(10-12-7-8-14(21)11-16(12)22)28-20(24)23-15-6-4-5-13(9-15)19(26)27-2/h4-11H,3H2,1-2H3. The van der Waals surface area contributed by atoms with Gasteiger partial charge in [0.15, 0.2) is 5.17 Å². The predicted octanol–water partition coefficient (Wildman–Crippen LogP) is 5.40. The lowest BCUT2D eigenvalue weighted by Crippen LogP contribution is -2.28. The Bertz CT molecular complexity index is 1000. The van der Waals surface area contributed by atoms with E-state index in [4.69, 9.17) is 27.9 Å². The summed E-state index contributed by atoms with van der Waals surface area (Å²) in [5.41, 5.74) is 1.65. The first kappa shape index (κ1) is 20.5. The molecule has 144 valence electrons. The van der Waals surface area contributed by atoms with Crippen molar-refractivity contribution in [2.45, 2.75) is 6.92 Å². The number of hydrogen-bond donors (Lipinski definition) is 0. The fraction of sp³-hybridized carbons (Fsp3) is 0.150. The molecule has 2 aromatic carbocycles. The molecule has 0 saturated carbocycles. The van der Waals surface area contributed by atoms with E-state index >= 15 is 0 Å². The number of rotatable bonds is 4. The van der Waals surface area contributed by atoms with Crippen molar-refractivity contribution < 1.29 is 14.3 Å². The van der Waals surface area contributed by atoms with Crippen LogP contribution in [0.25, 0.3) is 6.08 Å². The predicted molar refractivity (Wildman–Crippen MR) is 114 cm³/mol. The van der Waals surface area contributed by atoms with E-state index in [2.05, 4.69) is 4.99 Å². The Labute approximate surface area is 177 Å². The third-order valence-corrected chi connectivity index (χ3v) is 5.51. The quantitative estimate of drug-likeness (QED) is 0.477. The van der Waals surface area contributed by atoms with Gasteiger partial charge in [-0.15, -0.1) is 0 Å². The zero-order valence-electron chi connectivity index (χ0n) is 15.1. The summed E-state index contributed by atoms with van der Waals surface area (Å²) in [5, 5.41) is 1.53. The Hall–Kier alpha value is -2.28. The maximum atomic E-state index is 12.8. The van der Waals surface area contributed by atoms with Gasteiger partial charge in [0, 0.05) is 16.6 Å². The molecule has 5 nitrogen and oxygen atoms in total. The number of hydrogen-bond acceptors (Lipinski definition) is 5. The molecule has 2 aromatic rings. The molecule has 0 radical (unpaired) electrons. The lowest BCUT2D eigenvalue weighted by molar-refractivity contribution is -0.122. The minimum atomic E-state index is -0.442.